The summed E-state index contributed by atoms with van der Waals surface area (Å²) < 4.78 is 24.7. The zero-order valence-corrected chi connectivity index (χ0v) is 9.53. The van der Waals surface area contributed by atoms with Gasteiger partial charge >= 0.3 is 0 Å². The molecule has 5 nitrogen and oxygen atoms in total. The Bertz CT molecular complexity index is 555. The maximum absolute atomic E-state index is 11.5. The third kappa shape index (κ3) is 1.48. The van der Waals surface area contributed by atoms with Gasteiger partial charge in [-0.1, -0.05) is 0 Å². The van der Waals surface area contributed by atoms with Gasteiger partial charge in [-0.25, -0.2) is 8.42 Å². The molecule has 1 fully saturated rings. The largest absolute Gasteiger partial charge is 0.296 e. The second-order valence-electron chi connectivity index (χ2n) is 4.45. The lowest BCUT2D eigenvalue weighted by atomic mass is 10.1. The van der Waals surface area contributed by atoms with Crippen molar-refractivity contribution in [2.45, 2.75) is 31.1 Å². The van der Waals surface area contributed by atoms with Crippen molar-refractivity contribution in [1.82, 2.24) is 9.78 Å². The van der Waals surface area contributed by atoms with Gasteiger partial charge in [0.05, 0.1) is 23.2 Å². The molecule has 2 heterocycles. The molecule has 1 aliphatic carbocycles. The number of sulfone groups is 1. The second kappa shape index (κ2) is 3.16. The molecule has 0 saturated heterocycles. The van der Waals surface area contributed by atoms with E-state index in [1.165, 1.54) is 0 Å². The highest BCUT2D eigenvalue weighted by Gasteiger charge is 2.33. The van der Waals surface area contributed by atoms with Gasteiger partial charge in [0.15, 0.2) is 16.1 Å². The third-order valence-electron chi connectivity index (χ3n) is 3.16. The highest BCUT2D eigenvalue weighted by molar-refractivity contribution is 7.90. The van der Waals surface area contributed by atoms with Gasteiger partial charge < -0.3 is 0 Å². The normalized spacial score (nSPS) is 22.8. The summed E-state index contributed by atoms with van der Waals surface area (Å²) in [6.45, 7) is 0. The Balaban J connectivity index is 2.12. The van der Waals surface area contributed by atoms with Crippen LogP contribution in [-0.4, -0.2) is 30.2 Å². The van der Waals surface area contributed by atoms with Crippen LogP contribution in [0.2, 0.25) is 0 Å². The number of carbonyl (C=O) groups excluding carboxylic acids is 1. The molecule has 0 unspecified atom stereocenters. The number of aromatic nitrogens is 2. The van der Waals surface area contributed by atoms with E-state index in [4.69, 9.17) is 0 Å². The number of nitrogens with zero attached hydrogens (tertiary/aromatic N) is 2. The predicted octanol–water partition coefficient (Wildman–Crippen LogP) is 0.501. The molecule has 1 aromatic heterocycles. The average Bonchev–Trinajstić information content (AvgIpc) is 2.99. The number of carbonyl (C=O) groups is 1. The Labute approximate surface area is 93.4 Å². The van der Waals surface area contributed by atoms with Crippen molar-refractivity contribution in [3.63, 3.8) is 0 Å². The van der Waals surface area contributed by atoms with E-state index in [0.717, 1.165) is 24.7 Å². The number of fused-ring (bicyclic) bond motifs is 1. The van der Waals surface area contributed by atoms with Crippen LogP contribution >= 0.6 is 0 Å². The molecule has 86 valence electrons. The summed E-state index contributed by atoms with van der Waals surface area (Å²) in [4.78, 5) is 11.0. The van der Waals surface area contributed by atoms with Gasteiger partial charge in [0.2, 0.25) is 0 Å². The van der Waals surface area contributed by atoms with Crippen LogP contribution in [0, 0.1) is 0 Å². The van der Waals surface area contributed by atoms with Gasteiger partial charge in [-0.3, -0.25) is 9.48 Å². The summed E-state index contributed by atoms with van der Waals surface area (Å²) >= 11 is 0. The first-order chi connectivity index (χ1) is 7.61. The third-order valence-corrected chi connectivity index (χ3v) is 4.70. The topological polar surface area (TPSA) is 69.0 Å². The molecular formula is C10H12N2O3S. The summed E-state index contributed by atoms with van der Waals surface area (Å²) in [5.41, 5.74) is 2.02. The summed E-state index contributed by atoms with van der Waals surface area (Å²) in [5, 5.41) is 4.29. The Morgan fingerprint density at radius 2 is 2.12 bits per heavy atom. The van der Waals surface area contributed by atoms with Gasteiger partial charge in [-0.15, -0.1) is 0 Å². The smallest absolute Gasteiger partial charge is 0.168 e. The quantitative estimate of drug-likeness (QED) is 0.706. The van der Waals surface area contributed by atoms with E-state index in [1.807, 2.05) is 0 Å². The maximum atomic E-state index is 11.5. The summed E-state index contributed by atoms with van der Waals surface area (Å²) in [6.07, 6.45) is 3.31. The van der Waals surface area contributed by atoms with Crippen LogP contribution in [0.25, 0.3) is 0 Å². The molecule has 0 amide bonds. The van der Waals surface area contributed by atoms with Crippen molar-refractivity contribution in [3.8, 4) is 0 Å². The fourth-order valence-corrected chi connectivity index (χ4v) is 3.49. The number of rotatable bonds is 2. The standard InChI is InChI=1S/C10H12N2O3S/c13-5-10-8-3-4-16(14,15)6-9(8)11-12(10)7-1-2-7/h5,7H,1-4,6H2. The zero-order chi connectivity index (χ0) is 11.3. The van der Waals surface area contributed by atoms with E-state index >= 15 is 0 Å². The summed E-state index contributed by atoms with van der Waals surface area (Å²) in [7, 11) is -3.00. The molecule has 0 N–H and O–H groups in total. The molecule has 0 bridgehead atoms. The van der Waals surface area contributed by atoms with Crippen molar-refractivity contribution in [2.24, 2.45) is 0 Å². The van der Waals surface area contributed by atoms with E-state index in [1.54, 1.807) is 4.68 Å². The lowest BCUT2D eigenvalue weighted by Gasteiger charge is -2.10. The summed E-state index contributed by atoms with van der Waals surface area (Å²) in [5.74, 6) is 0.125. The Kier molecular flexibility index (Phi) is 1.98. The highest BCUT2D eigenvalue weighted by Crippen LogP contribution is 2.37. The van der Waals surface area contributed by atoms with Crippen molar-refractivity contribution in [3.05, 3.63) is 17.0 Å². The molecule has 0 atom stereocenters. The van der Waals surface area contributed by atoms with Gasteiger partial charge in [0, 0.05) is 5.56 Å². The molecule has 0 radical (unpaired) electrons. The molecule has 3 rings (SSSR count). The van der Waals surface area contributed by atoms with E-state index in [0.29, 0.717) is 23.9 Å². The number of aldehydes is 1. The fourth-order valence-electron chi connectivity index (χ4n) is 2.18. The number of hydrogen-bond donors (Lipinski definition) is 0. The first-order valence-corrected chi connectivity index (χ1v) is 7.19. The van der Waals surface area contributed by atoms with Crippen molar-refractivity contribution in [1.29, 1.82) is 0 Å². The van der Waals surface area contributed by atoms with E-state index in [2.05, 4.69) is 5.10 Å². The molecule has 1 aliphatic heterocycles. The molecule has 0 aromatic carbocycles. The molecule has 1 saturated carbocycles. The fraction of sp³-hybridized carbons (Fsp3) is 0.600. The van der Waals surface area contributed by atoms with Gasteiger partial charge in [-0.05, 0) is 19.3 Å². The maximum Gasteiger partial charge on any atom is 0.168 e. The molecule has 16 heavy (non-hydrogen) atoms. The van der Waals surface area contributed by atoms with E-state index in [-0.39, 0.29) is 11.5 Å². The van der Waals surface area contributed by atoms with Crippen LogP contribution in [0.3, 0.4) is 0 Å². The SMILES string of the molecule is O=Cc1c2c(nn1C1CC1)CS(=O)(=O)CC2. The molecular weight excluding hydrogens is 228 g/mol. The summed E-state index contributed by atoms with van der Waals surface area (Å²) in [6, 6.07) is 0.313. The lowest BCUT2D eigenvalue weighted by molar-refractivity contribution is 0.111. The monoisotopic (exact) mass is 240 g/mol. The van der Waals surface area contributed by atoms with Crippen molar-refractivity contribution < 1.29 is 13.2 Å². The van der Waals surface area contributed by atoms with E-state index < -0.39 is 9.84 Å². The minimum Gasteiger partial charge on any atom is -0.296 e. The van der Waals surface area contributed by atoms with Crippen molar-refractivity contribution in [2.75, 3.05) is 5.75 Å². The lowest BCUT2D eigenvalue weighted by Crippen LogP contribution is -2.18. The number of hydrogen-bond acceptors (Lipinski definition) is 4. The van der Waals surface area contributed by atoms with E-state index in [9.17, 15) is 13.2 Å². The van der Waals surface area contributed by atoms with Crippen LogP contribution in [0.1, 0.15) is 40.6 Å². The molecule has 0 spiro atoms. The van der Waals surface area contributed by atoms with Crippen LogP contribution in [-0.2, 0) is 22.0 Å². The Morgan fingerprint density at radius 3 is 2.75 bits per heavy atom. The minimum atomic E-state index is -3.00. The van der Waals surface area contributed by atoms with Crippen LogP contribution in [0.15, 0.2) is 0 Å². The van der Waals surface area contributed by atoms with Crippen LogP contribution in [0.5, 0.6) is 0 Å². The van der Waals surface area contributed by atoms with Gasteiger partial charge in [0.1, 0.15) is 5.69 Å². The Morgan fingerprint density at radius 1 is 1.38 bits per heavy atom. The molecule has 6 heteroatoms. The first-order valence-electron chi connectivity index (χ1n) is 5.36. The van der Waals surface area contributed by atoms with Crippen molar-refractivity contribution >= 4 is 16.1 Å². The second-order valence-corrected chi connectivity index (χ2v) is 6.63. The van der Waals surface area contributed by atoms with Crippen LogP contribution in [0.4, 0.5) is 0 Å². The molecule has 1 aromatic rings. The highest BCUT2D eigenvalue weighted by atomic mass is 32.2. The minimum absolute atomic E-state index is 0.0110. The zero-order valence-electron chi connectivity index (χ0n) is 8.72. The van der Waals surface area contributed by atoms with Gasteiger partial charge in [0.25, 0.3) is 0 Å². The van der Waals surface area contributed by atoms with Gasteiger partial charge in [-0.2, -0.15) is 5.10 Å². The average molecular weight is 240 g/mol. The Hall–Kier alpha value is -1.17. The first kappa shape index (κ1) is 10.0. The van der Waals surface area contributed by atoms with Crippen LogP contribution < -0.4 is 0 Å². The molecule has 2 aliphatic rings. The predicted molar refractivity (Wildman–Crippen MR) is 57.1 cm³/mol.